The lowest BCUT2D eigenvalue weighted by Crippen LogP contribution is -2.44. The SMILES string of the molecule is CC(C)(C)Oc1nccnc1CN1CCC(F)(COc2ccccc2F)CC1. The number of rotatable bonds is 6. The first-order valence-corrected chi connectivity index (χ1v) is 9.52. The third-order valence-corrected chi connectivity index (χ3v) is 4.59. The summed E-state index contributed by atoms with van der Waals surface area (Å²) < 4.78 is 40.0. The number of hydrogen-bond donors (Lipinski definition) is 0. The summed E-state index contributed by atoms with van der Waals surface area (Å²) in [6.07, 6.45) is 3.87. The highest BCUT2D eigenvalue weighted by molar-refractivity contribution is 5.24. The van der Waals surface area contributed by atoms with E-state index in [1.807, 2.05) is 20.8 Å². The number of likely N-dealkylation sites (tertiary alicyclic amines) is 1. The van der Waals surface area contributed by atoms with Crippen LogP contribution < -0.4 is 9.47 Å². The van der Waals surface area contributed by atoms with Gasteiger partial charge in [0.05, 0.1) is 0 Å². The molecule has 1 fully saturated rings. The Bertz CT molecular complexity index is 787. The van der Waals surface area contributed by atoms with Crippen molar-refractivity contribution in [2.45, 2.75) is 51.4 Å². The molecule has 0 spiro atoms. The van der Waals surface area contributed by atoms with Gasteiger partial charge in [-0.1, -0.05) is 12.1 Å². The molecule has 1 aliphatic rings. The lowest BCUT2D eigenvalue weighted by atomic mass is 9.94. The van der Waals surface area contributed by atoms with E-state index in [1.165, 1.54) is 12.1 Å². The van der Waals surface area contributed by atoms with Crippen molar-refractivity contribution in [2.75, 3.05) is 19.7 Å². The quantitative estimate of drug-likeness (QED) is 0.739. The van der Waals surface area contributed by atoms with Gasteiger partial charge in [-0.25, -0.2) is 13.8 Å². The van der Waals surface area contributed by atoms with Gasteiger partial charge in [0.1, 0.15) is 23.6 Å². The van der Waals surface area contributed by atoms with E-state index in [4.69, 9.17) is 9.47 Å². The first kappa shape index (κ1) is 20.5. The van der Waals surface area contributed by atoms with Crippen LogP contribution in [0.5, 0.6) is 11.6 Å². The Morgan fingerprint density at radius 1 is 1.11 bits per heavy atom. The van der Waals surface area contributed by atoms with Gasteiger partial charge in [0, 0.05) is 32.0 Å². The second kappa shape index (κ2) is 8.39. The van der Waals surface area contributed by atoms with Crippen LogP contribution in [0.15, 0.2) is 36.7 Å². The molecule has 0 saturated carbocycles. The molecular formula is C21H27F2N3O2. The zero-order valence-electron chi connectivity index (χ0n) is 16.6. The Hall–Kier alpha value is -2.28. The molecule has 3 rings (SSSR count). The van der Waals surface area contributed by atoms with Crippen molar-refractivity contribution >= 4 is 0 Å². The van der Waals surface area contributed by atoms with Crippen LogP contribution in [0.1, 0.15) is 39.3 Å². The monoisotopic (exact) mass is 391 g/mol. The topological polar surface area (TPSA) is 47.5 Å². The third kappa shape index (κ3) is 5.61. The molecule has 152 valence electrons. The maximum Gasteiger partial charge on any atom is 0.237 e. The molecule has 0 unspecified atom stereocenters. The molecule has 5 nitrogen and oxygen atoms in total. The van der Waals surface area contributed by atoms with Gasteiger partial charge in [-0.2, -0.15) is 0 Å². The lowest BCUT2D eigenvalue weighted by Gasteiger charge is -2.36. The number of hydrogen-bond acceptors (Lipinski definition) is 5. The van der Waals surface area contributed by atoms with E-state index in [0.717, 1.165) is 5.69 Å². The van der Waals surface area contributed by atoms with Crippen LogP contribution >= 0.6 is 0 Å². The molecule has 2 heterocycles. The van der Waals surface area contributed by atoms with Gasteiger partial charge in [0.2, 0.25) is 5.88 Å². The van der Waals surface area contributed by atoms with E-state index >= 15 is 4.39 Å². The Morgan fingerprint density at radius 2 is 1.79 bits per heavy atom. The van der Waals surface area contributed by atoms with E-state index < -0.39 is 11.5 Å². The summed E-state index contributed by atoms with van der Waals surface area (Å²) in [6, 6.07) is 6.07. The molecular weight excluding hydrogens is 364 g/mol. The maximum atomic E-state index is 15.1. The largest absolute Gasteiger partial charge is 0.487 e. The Labute approximate surface area is 164 Å². The fraction of sp³-hybridized carbons (Fsp3) is 0.524. The summed E-state index contributed by atoms with van der Waals surface area (Å²) in [6.45, 7) is 7.39. The predicted octanol–water partition coefficient (Wildman–Crippen LogP) is 4.18. The summed E-state index contributed by atoms with van der Waals surface area (Å²) in [7, 11) is 0. The van der Waals surface area contributed by atoms with E-state index in [-0.39, 0.29) is 18.0 Å². The van der Waals surface area contributed by atoms with Gasteiger partial charge in [0.15, 0.2) is 11.6 Å². The number of benzene rings is 1. The van der Waals surface area contributed by atoms with Crippen LogP contribution in [-0.2, 0) is 6.54 Å². The van der Waals surface area contributed by atoms with Crippen LogP contribution in [0.4, 0.5) is 8.78 Å². The maximum absolute atomic E-state index is 15.1. The normalized spacial score (nSPS) is 17.3. The van der Waals surface area contributed by atoms with Crippen molar-refractivity contribution < 1.29 is 18.3 Å². The molecule has 1 saturated heterocycles. The fourth-order valence-corrected chi connectivity index (χ4v) is 3.07. The zero-order chi connectivity index (χ0) is 20.2. The van der Waals surface area contributed by atoms with E-state index in [2.05, 4.69) is 14.9 Å². The second-order valence-electron chi connectivity index (χ2n) is 8.17. The number of halogens is 2. The van der Waals surface area contributed by atoms with Crippen LogP contribution in [-0.4, -0.2) is 45.8 Å². The second-order valence-corrected chi connectivity index (χ2v) is 8.17. The highest BCUT2D eigenvalue weighted by atomic mass is 19.1. The van der Waals surface area contributed by atoms with E-state index in [9.17, 15) is 4.39 Å². The van der Waals surface area contributed by atoms with E-state index in [1.54, 1.807) is 24.5 Å². The molecule has 0 atom stereocenters. The van der Waals surface area contributed by atoms with Crippen molar-refractivity contribution in [1.82, 2.24) is 14.9 Å². The molecule has 0 N–H and O–H groups in total. The first-order valence-electron chi connectivity index (χ1n) is 9.52. The van der Waals surface area contributed by atoms with Crippen LogP contribution in [0.3, 0.4) is 0 Å². The molecule has 0 bridgehead atoms. The number of nitrogens with zero attached hydrogens (tertiary/aromatic N) is 3. The van der Waals surface area contributed by atoms with Crippen molar-refractivity contribution in [3.8, 4) is 11.6 Å². The highest BCUT2D eigenvalue weighted by Crippen LogP contribution is 2.30. The molecule has 0 radical (unpaired) electrons. The number of alkyl halides is 1. The molecule has 1 aliphatic heterocycles. The minimum Gasteiger partial charge on any atom is -0.487 e. The third-order valence-electron chi connectivity index (χ3n) is 4.59. The van der Waals surface area contributed by atoms with Gasteiger partial charge in [0.25, 0.3) is 0 Å². The van der Waals surface area contributed by atoms with Gasteiger partial charge in [-0.3, -0.25) is 9.88 Å². The Balaban J connectivity index is 1.55. The van der Waals surface area contributed by atoms with Crippen molar-refractivity contribution in [2.24, 2.45) is 0 Å². The molecule has 0 amide bonds. The minimum absolute atomic E-state index is 0.0884. The summed E-state index contributed by atoms with van der Waals surface area (Å²) >= 11 is 0. The van der Waals surface area contributed by atoms with Crippen molar-refractivity contribution in [3.63, 3.8) is 0 Å². The standard InChI is InChI=1S/C21H27F2N3O2/c1-20(2,3)28-19-17(24-10-11-25-19)14-26-12-8-21(23,9-13-26)15-27-18-7-5-4-6-16(18)22/h4-7,10-11H,8-9,12-15H2,1-3H3. The minimum atomic E-state index is -1.47. The summed E-state index contributed by atoms with van der Waals surface area (Å²) in [5.74, 6) is 0.123. The smallest absolute Gasteiger partial charge is 0.237 e. The highest BCUT2D eigenvalue weighted by Gasteiger charge is 2.36. The van der Waals surface area contributed by atoms with Gasteiger partial charge in [-0.05, 0) is 45.7 Å². The molecule has 7 heteroatoms. The Kier molecular flexibility index (Phi) is 6.13. The number of ether oxygens (including phenoxy) is 2. The number of aromatic nitrogens is 2. The first-order chi connectivity index (χ1) is 13.2. The molecule has 2 aromatic rings. The average Bonchev–Trinajstić information content (AvgIpc) is 2.64. The van der Waals surface area contributed by atoms with Crippen molar-refractivity contribution in [3.05, 3.63) is 48.2 Å². The predicted molar refractivity (Wildman–Crippen MR) is 103 cm³/mol. The van der Waals surface area contributed by atoms with Crippen LogP contribution in [0, 0.1) is 5.82 Å². The van der Waals surface area contributed by atoms with Gasteiger partial charge >= 0.3 is 0 Å². The molecule has 28 heavy (non-hydrogen) atoms. The van der Waals surface area contributed by atoms with E-state index in [0.29, 0.717) is 38.4 Å². The van der Waals surface area contributed by atoms with Crippen LogP contribution in [0.2, 0.25) is 0 Å². The summed E-state index contributed by atoms with van der Waals surface area (Å²) in [5.41, 5.74) is -1.09. The molecule has 1 aromatic heterocycles. The molecule has 1 aromatic carbocycles. The fourth-order valence-electron chi connectivity index (χ4n) is 3.07. The lowest BCUT2D eigenvalue weighted by molar-refractivity contribution is 0.0132. The summed E-state index contributed by atoms with van der Waals surface area (Å²) in [4.78, 5) is 10.8. The molecule has 0 aliphatic carbocycles. The van der Waals surface area contributed by atoms with Crippen molar-refractivity contribution in [1.29, 1.82) is 0 Å². The average molecular weight is 391 g/mol. The van der Waals surface area contributed by atoms with Crippen LogP contribution in [0.25, 0.3) is 0 Å². The summed E-state index contributed by atoms with van der Waals surface area (Å²) in [5, 5.41) is 0. The zero-order valence-corrected chi connectivity index (χ0v) is 16.6. The van der Waals surface area contributed by atoms with Gasteiger partial charge in [-0.15, -0.1) is 0 Å². The number of piperidine rings is 1. The van der Waals surface area contributed by atoms with Gasteiger partial charge < -0.3 is 9.47 Å². The Morgan fingerprint density at radius 3 is 2.46 bits per heavy atom. The number of para-hydroxylation sites is 1.